The van der Waals surface area contributed by atoms with Gasteiger partial charge in [0.2, 0.25) is 5.91 Å². The normalized spacial score (nSPS) is 23.4. The highest BCUT2D eigenvalue weighted by Gasteiger charge is 2.39. The zero-order valence-corrected chi connectivity index (χ0v) is 14.0. The molecule has 1 saturated heterocycles. The monoisotopic (exact) mass is 294 g/mol. The molecule has 0 aliphatic carbocycles. The Hall–Kier alpha value is -0.870. The highest BCUT2D eigenvalue weighted by molar-refractivity contribution is 7.12. The van der Waals surface area contributed by atoms with Gasteiger partial charge < -0.3 is 10.2 Å². The van der Waals surface area contributed by atoms with Gasteiger partial charge in [0, 0.05) is 16.8 Å². The molecule has 2 heterocycles. The molecule has 0 aromatic carbocycles. The predicted octanol–water partition coefficient (Wildman–Crippen LogP) is 3.35. The number of aryl methyl sites for hydroxylation is 1. The molecule has 1 amide bonds. The molecule has 0 spiro atoms. The summed E-state index contributed by atoms with van der Waals surface area (Å²) < 4.78 is 0. The zero-order valence-electron chi connectivity index (χ0n) is 13.2. The number of nitrogens with zero attached hydrogens (tertiary/aromatic N) is 1. The highest BCUT2D eigenvalue weighted by atomic mass is 32.1. The summed E-state index contributed by atoms with van der Waals surface area (Å²) in [7, 11) is 1.93. The lowest BCUT2D eigenvalue weighted by Gasteiger charge is -2.41. The minimum absolute atomic E-state index is 0.0364. The van der Waals surface area contributed by atoms with Gasteiger partial charge in [-0.25, -0.2) is 0 Å². The van der Waals surface area contributed by atoms with Crippen LogP contribution in [0.1, 0.15) is 49.4 Å². The molecule has 2 rings (SSSR count). The van der Waals surface area contributed by atoms with E-state index in [-0.39, 0.29) is 23.4 Å². The largest absolute Gasteiger partial charge is 0.337 e. The molecule has 1 fully saturated rings. The molecule has 3 nitrogen and oxygen atoms in total. The van der Waals surface area contributed by atoms with E-state index >= 15 is 0 Å². The van der Waals surface area contributed by atoms with Crippen molar-refractivity contribution in [3.63, 3.8) is 0 Å². The van der Waals surface area contributed by atoms with Crippen LogP contribution in [0.3, 0.4) is 0 Å². The topological polar surface area (TPSA) is 32.3 Å². The Morgan fingerprint density at radius 2 is 2.20 bits per heavy atom. The van der Waals surface area contributed by atoms with Crippen LogP contribution in [-0.4, -0.2) is 30.4 Å². The van der Waals surface area contributed by atoms with Crippen LogP contribution in [0.4, 0.5) is 0 Å². The van der Waals surface area contributed by atoms with Crippen molar-refractivity contribution in [3.05, 3.63) is 21.9 Å². The van der Waals surface area contributed by atoms with Gasteiger partial charge in [0.25, 0.3) is 0 Å². The summed E-state index contributed by atoms with van der Waals surface area (Å²) in [6, 6.07) is 4.33. The number of nitrogens with one attached hydrogen (secondary N) is 1. The summed E-state index contributed by atoms with van der Waals surface area (Å²) >= 11 is 1.77. The number of rotatable bonds is 3. The second kappa shape index (κ2) is 5.86. The zero-order chi connectivity index (χ0) is 14.9. The Labute approximate surface area is 126 Å². The van der Waals surface area contributed by atoms with E-state index in [2.05, 4.69) is 45.1 Å². The average Bonchev–Trinajstić information content (AvgIpc) is 2.82. The van der Waals surface area contributed by atoms with E-state index in [1.165, 1.54) is 9.75 Å². The third-order valence-corrected chi connectivity index (χ3v) is 5.65. The van der Waals surface area contributed by atoms with E-state index in [0.29, 0.717) is 0 Å². The molecule has 4 heteroatoms. The first-order valence-corrected chi connectivity index (χ1v) is 8.21. The molecule has 2 atom stereocenters. The average molecular weight is 294 g/mol. The maximum atomic E-state index is 12.8. The summed E-state index contributed by atoms with van der Waals surface area (Å²) in [5.41, 5.74) is 0.0364. The molecule has 0 bridgehead atoms. The minimum atomic E-state index is -0.0650. The lowest BCUT2D eigenvalue weighted by molar-refractivity contribution is -0.138. The van der Waals surface area contributed by atoms with E-state index in [4.69, 9.17) is 0 Å². The number of hydrogen-bond acceptors (Lipinski definition) is 3. The maximum absolute atomic E-state index is 12.8. The Kier molecular flexibility index (Phi) is 4.55. The van der Waals surface area contributed by atoms with Gasteiger partial charge in [-0.05, 0) is 50.8 Å². The van der Waals surface area contributed by atoms with E-state index in [1.54, 1.807) is 11.3 Å². The lowest BCUT2D eigenvalue weighted by Crippen LogP contribution is -2.56. The van der Waals surface area contributed by atoms with Gasteiger partial charge in [-0.15, -0.1) is 11.3 Å². The number of carbonyl (C=O) groups excluding carboxylic acids is 1. The van der Waals surface area contributed by atoms with Crippen molar-refractivity contribution in [2.45, 2.75) is 52.6 Å². The predicted molar refractivity (Wildman–Crippen MR) is 85.0 cm³/mol. The fraction of sp³-hybridized carbons (Fsp3) is 0.688. The lowest BCUT2D eigenvalue weighted by atomic mass is 9.77. The first-order chi connectivity index (χ1) is 9.33. The van der Waals surface area contributed by atoms with Crippen LogP contribution in [0, 0.1) is 12.3 Å². The quantitative estimate of drug-likeness (QED) is 0.927. The molecule has 0 radical (unpaired) electrons. The van der Waals surface area contributed by atoms with Crippen LogP contribution in [0.5, 0.6) is 0 Å². The number of likely N-dealkylation sites (N-methyl/N-ethyl adjacent to an activating group) is 1. The summed E-state index contributed by atoms with van der Waals surface area (Å²) in [6.45, 7) is 9.54. The van der Waals surface area contributed by atoms with Gasteiger partial charge >= 0.3 is 0 Å². The Morgan fingerprint density at radius 3 is 2.75 bits per heavy atom. The summed E-state index contributed by atoms with van der Waals surface area (Å²) in [5.74, 6) is 0.216. The van der Waals surface area contributed by atoms with Crippen molar-refractivity contribution in [1.29, 1.82) is 0 Å². The molecule has 1 N–H and O–H groups in total. The Bertz CT molecular complexity index is 481. The van der Waals surface area contributed by atoms with Crippen LogP contribution in [-0.2, 0) is 4.79 Å². The van der Waals surface area contributed by atoms with Gasteiger partial charge in [-0.1, -0.05) is 13.8 Å². The fourth-order valence-corrected chi connectivity index (χ4v) is 3.87. The molecule has 1 aliphatic rings. The highest BCUT2D eigenvalue weighted by Crippen LogP contribution is 2.33. The van der Waals surface area contributed by atoms with Gasteiger partial charge in [0.15, 0.2) is 0 Å². The summed E-state index contributed by atoms with van der Waals surface area (Å²) in [5, 5.41) is 3.41. The first kappa shape index (κ1) is 15.5. The molecular weight excluding hydrogens is 268 g/mol. The van der Waals surface area contributed by atoms with E-state index in [1.807, 2.05) is 11.9 Å². The second-order valence-electron chi connectivity index (χ2n) is 6.55. The molecule has 0 saturated carbocycles. The van der Waals surface area contributed by atoms with Crippen LogP contribution in [0.15, 0.2) is 12.1 Å². The number of amides is 1. The third-order valence-electron chi connectivity index (χ3n) is 4.48. The van der Waals surface area contributed by atoms with Gasteiger partial charge in [-0.2, -0.15) is 0 Å². The van der Waals surface area contributed by atoms with E-state index in [0.717, 1.165) is 19.4 Å². The van der Waals surface area contributed by atoms with Gasteiger partial charge in [-0.3, -0.25) is 4.79 Å². The fourth-order valence-electron chi connectivity index (χ4n) is 2.90. The van der Waals surface area contributed by atoms with Crippen molar-refractivity contribution < 1.29 is 4.79 Å². The standard InChI is InChI=1S/C16H26N2OS/c1-11-7-8-13(20-11)12(2)18(5)15(19)14-16(3,4)9-6-10-17-14/h7-8,12,14,17H,6,9-10H2,1-5H3. The van der Waals surface area contributed by atoms with Crippen molar-refractivity contribution >= 4 is 17.2 Å². The van der Waals surface area contributed by atoms with E-state index in [9.17, 15) is 4.79 Å². The smallest absolute Gasteiger partial charge is 0.240 e. The molecule has 2 unspecified atom stereocenters. The number of carbonyl (C=O) groups is 1. The molecule has 1 aromatic rings. The van der Waals surface area contributed by atoms with Crippen LogP contribution in [0.2, 0.25) is 0 Å². The minimum Gasteiger partial charge on any atom is -0.337 e. The Morgan fingerprint density at radius 1 is 1.50 bits per heavy atom. The molecular formula is C16H26N2OS. The number of hydrogen-bond donors (Lipinski definition) is 1. The van der Waals surface area contributed by atoms with Crippen LogP contribution in [0.25, 0.3) is 0 Å². The van der Waals surface area contributed by atoms with Gasteiger partial charge in [0.1, 0.15) is 0 Å². The maximum Gasteiger partial charge on any atom is 0.240 e. The Balaban J connectivity index is 2.11. The van der Waals surface area contributed by atoms with Crippen LogP contribution >= 0.6 is 11.3 Å². The molecule has 112 valence electrons. The van der Waals surface area contributed by atoms with Crippen LogP contribution < -0.4 is 5.32 Å². The molecule has 1 aliphatic heterocycles. The van der Waals surface area contributed by atoms with Crippen molar-refractivity contribution in [2.24, 2.45) is 5.41 Å². The number of piperidine rings is 1. The van der Waals surface area contributed by atoms with Crippen molar-refractivity contribution in [2.75, 3.05) is 13.6 Å². The second-order valence-corrected chi connectivity index (χ2v) is 7.87. The molecule has 1 aromatic heterocycles. The van der Waals surface area contributed by atoms with E-state index < -0.39 is 0 Å². The number of thiophene rings is 1. The van der Waals surface area contributed by atoms with Crippen molar-refractivity contribution in [3.8, 4) is 0 Å². The summed E-state index contributed by atoms with van der Waals surface area (Å²) in [4.78, 5) is 17.3. The molecule has 20 heavy (non-hydrogen) atoms. The van der Waals surface area contributed by atoms with Gasteiger partial charge in [0.05, 0.1) is 12.1 Å². The SMILES string of the molecule is Cc1ccc(C(C)N(C)C(=O)C2NCCCC2(C)C)s1. The van der Waals surface area contributed by atoms with Crippen molar-refractivity contribution in [1.82, 2.24) is 10.2 Å². The third kappa shape index (κ3) is 3.07. The summed E-state index contributed by atoms with van der Waals surface area (Å²) in [6.07, 6.45) is 2.26. The first-order valence-electron chi connectivity index (χ1n) is 7.39.